The smallest absolute Gasteiger partial charge is 0.126 e. The number of nitrogens with one attached hydrogen (secondary N) is 4. The SMILES string of the molecule is CNCCCOc1ccccc1CNc1ccc(CC2=CNC3NC=CC=C23)cn1. The number of nitrogens with zero attached hydrogens (tertiary/aromatic N) is 1. The maximum atomic E-state index is 5.94. The van der Waals surface area contributed by atoms with E-state index >= 15 is 0 Å². The molecule has 1 atom stereocenters. The summed E-state index contributed by atoms with van der Waals surface area (Å²) in [5, 5.41) is 13.2. The first-order valence-electron chi connectivity index (χ1n) is 10.5. The Morgan fingerprint density at radius 3 is 2.93 bits per heavy atom. The largest absolute Gasteiger partial charge is 0.493 e. The van der Waals surface area contributed by atoms with Crippen LogP contribution in [0.3, 0.4) is 0 Å². The Morgan fingerprint density at radius 2 is 2.07 bits per heavy atom. The Balaban J connectivity index is 1.31. The molecule has 0 saturated heterocycles. The molecule has 0 bridgehead atoms. The highest BCUT2D eigenvalue weighted by molar-refractivity contribution is 5.47. The lowest BCUT2D eigenvalue weighted by Gasteiger charge is -2.18. The first-order valence-corrected chi connectivity index (χ1v) is 10.5. The molecule has 4 N–H and O–H groups in total. The summed E-state index contributed by atoms with van der Waals surface area (Å²) in [5.41, 5.74) is 4.92. The number of fused-ring (bicyclic) bond motifs is 1. The minimum absolute atomic E-state index is 0.194. The lowest BCUT2D eigenvalue weighted by Crippen LogP contribution is -2.35. The van der Waals surface area contributed by atoms with Gasteiger partial charge < -0.3 is 26.0 Å². The Bertz CT molecular complexity index is 933. The summed E-state index contributed by atoms with van der Waals surface area (Å²) in [4.78, 5) is 4.60. The maximum absolute atomic E-state index is 5.94. The van der Waals surface area contributed by atoms with Crippen molar-refractivity contribution in [3.05, 3.63) is 89.4 Å². The number of hydrogen-bond acceptors (Lipinski definition) is 6. The number of pyridine rings is 1. The first-order chi connectivity index (χ1) is 14.8. The van der Waals surface area contributed by atoms with Crippen LogP contribution >= 0.6 is 0 Å². The summed E-state index contributed by atoms with van der Waals surface area (Å²) in [5.74, 6) is 1.79. The van der Waals surface area contributed by atoms with Crippen LogP contribution < -0.4 is 26.0 Å². The van der Waals surface area contributed by atoms with E-state index < -0.39 is 0 Å². The normalized spacial score (nSPS) is 16.8. The van der Waals surface area contributed by atoms with Crippen LogP contribution in [-0.2, 0) is 13.0 Å². The quantitative estimate of drug-likeness (QED) is 0.457. The molecule has 0 radical (unpaired) electrons. The zero-order valence-electron chi connectivity index (χ0n) is 17.3. The molecule has 6 heteroatoms. The average molecular weight is 404 g/mol. The van der Waals surface area contributed by atoms with Crippen molar-refractivity contribution in [1.29, 1.82) is 0 Å². The van der Waals surface area contributed by atoms with E-state index in [4.69, 9.17) is 4.74 Å². The van der Waals surface area contributed by atoms with Gasteiger partial charge in [0.2, 0.25) is 0 Å². The van der Waals surface area contributed by atoms with Gasteiger partial charge in [-0.2, -0.15) is 0 Å². The van der Waals surface area contributed by atoms with Gasteiger partial charge in [-0.25, -0.2) is 4.98 Å². The third kappa shape index (κ3) is 5.02. The molecule has 0 saturated carbocycles. The van der Waals surface area contributed by atoms with E-state index in [1.165, 1.54) is 16.7 Å². The van der Waals surface area contributed by atoms with Crippen molar-refractivity contribution in [1.82, 2.24) is 20.9 Å². The number of benzene rings is 1. The van der Waals surface area contributed by atoms with Crippen molar-refractivity contribution < 1.29 is 4.74 Å². The maximum Gasteiger partial charge on any atom is 0.126 e. The molecule has 4 rings (SSSR count). The Morgan fingerprint density at radius 1 is 1.13 bits per heavy atom. The summed E-state index contributed by atoms with van der Waals surface area (Å²) < 4.78 is 5.94. The average Bonchev–Trinajstić information content (AvgIpc) is 3.20. The van der Waals surface area contributed by atoms with Crippen LogP contribution in [-0.4, -0.2) is 31.3 Å². The molecule has 6 nitrogen and oxygen atoms in total. The molecule has 156 valence electrons. The van der Waals surface area contributed by atoms with Gasteiger partial charge in [0.1, 0.15) is 17.7 Å². The lowest BCUT2D eigenvalue weighted by atomic mass is 9.99. The molecule has 0 fully saturated rings. The fourth-order valence-electron chi connectivity index (χ4n) is 3.60. The second kappa shape index (κ2) is 9.98. The second-order valence-corrected chi connectivity index (χ2v) is 7.41. The van der Waals surface area contributed by atoms with Crippen molar-refractivity contribution >= 4 is 5.82 Å². The van der Waals surface area contributed by atoms with Crippen molar-refractivity contribution in [2.24, 2.45) is 0 Å². The van der Waals surface area contributed by atoms with Crippen LogP contribution in [0.2, 0.25) is 0 Å². The molecule has 2 aromatic rings. The highest BCUT2D eigenvalue weighted by Crippen LogP contribution is 2.25. The van der Waals surface area contributed by atoms with Crippen molar-refractivity contribution in [2.45, 2.75) is 25.6 Å². The van der Waals surface area contributed by atoms with Gasteiger partial charge in [-0.15, -0.1) is 0 Å². The number of ether oxygens (including phenoxy) is 1. The highest BCUT2D eigenvalue weighted by Gasteiger charge is 2.22. The van der Waals surface area contributed by atoms with Crippen LogP contribution in [0, 0.1) is 0 Å². The van der Waals surface area contributed by atoms with Crippen LogP contribution in [0.25, 0.3) is 0 Å². The van der Waals surface area contributed by atoms with Crippen molar-refractivity contribution in [3.8, 4) is 5.75 Å². The minimum atomic E-state index is 0.194. The molecule has 0 amide bonds. The first kappa shape index (κ1) is 20.0. The highest BCUT2D eigenvalue weighted by atomic mass is 16.5. The predicted molar refractivity (Wildman–Crippen MR) is 121 cm³/mol. The fourth-order valence-corrected chi connectivity index (χ4v) is 3.60. The molecular formula is C24H29N5O. The summed E-state index contributed by atoms with van der Waals surface area (Å²) in [6.45, 7) is 2.34. The molecule has 1 aromatic heterocycles. The van der Waals surface area contributed by atoms with Crippen molar-refractivity contribution in [2.75, 3.05) is 25.5 Å². The van der Waals surface area contributed by atoms with E-state index in [1.807, 2.05) is 49.8 Å². The third-order valence-electron chi connectivity index (χ3n) is 5.22. The van der Waals surface area contributed by atoms with E-state index in [0.717, 1.165) is 36.5 Å². The lowest BCUT2D eigenvalue weighted by molar-refractivity contribution is 0.307. The van der Waals surface area contributed by atoms with Crippen LogP contribution in [0.1, 0.15) is 17.5 Å². The number of para-hydroxylation sites is 1. The van der Waals surface area contributed by atoms with Gasteiger partial charge in [0.15, 0.2) is 0 Å². The van der Waals surface area contributed by atoms with Gasteiger partial charge >= 0.3 is 0 Å². The number of allylic oxidation sites excluding steroid dienone is 2. The van der Waals surface area contributed by atoms with Gasteiger partial charge in [0, 0.05) is 30.9 Å². The van der Waals surface area contributed by atoms with Crippen LogP contribution in [0.5, 0.6) is 5.75 Å². The van der Waals surface area contributed by atoms with Gasteiger partial charge in [-0.1, -0.05) is 30.3 Å². The van der Waals surface area contributed by atoms with Gasteiger partial charge in [0.05, 0.1) is 6.61 Å². The summed E-state index contributed by atoms with van der Waals surface area (Å²) >= 11 is 0. The Hall–Kier alpha value is -3.25. The van der Waals surface area contributed by atoms with E-state index in [-0.39, 0.29) is 6.17 Å². The van der Waals surface area contributed by atoms with E-state index in [1.54, 1.807) is 0 Å². The van der Waals surface area contributed by atoms with E-state index in [2.05, 4.69) is 50.7 Å². The number of rotatable bonds is 10. The van der Waals surface area contributed by atoms with E-state index in [9.17, 15) is 0 Å². The van der Waals surface area contributed by atoms with E-state index in [0.29, 0.717) is 13.2 Å². The Kier molecular flexibility index (Phi) is 6.67. The molecule has 1 aromatic carbocycles. The third-order valence-corrected chi connectivity index (χ3v) is 5.22. The molecule has 1 unspecified atom stereocenters. The zero-order chi connectivity index (χ0) is 20.6. The standard InChI is InChI=1S/C24H29N5O/c1-25-11-5-13-30-22-8-3-2-6-19(22)16-28-23-10-9-18(15-27-23)14-20-17-29-24-21(20)7-4-12-26-24/h2-4,6-10,12,15,17,24-26,29H,5,11,13-14,16H2,1H3,(H,27,28). The summed E-state index contributed by atoms with van der Waals surface area (Å²) in [6, 6.07) is 12.3. The second-order valence-electron chi connectivity index (χ2n) is 7.41. The van der Waals surface area contributed by atoms with Crippen molar-refractivity contribution in [3.63, 3.8) is 0 Å². The zero-order valence-corrected chi connectivity index (χ0v) is 17.3. The summed E-state index contributed by atoms with van der Waals surface area (Å²) in [7, 11) is 1.95. The van der Waals surface area contributed by atoms with Gasteiger partial charge in [0.25, 0.3) is 0 Å². The number of dihydropyridines is 1. The molecular weight excluding hydrogens is 374 g/mol. The number of anilines is 1. The summed E-state index contributed by atoms with van der Waals surface area (Å²) in [6.07, 6.45) is 12.2. The minimum Gasteiger partial charge on any atom is -0.493 e. The Labute approximate surface area is 178 Å². The number of aromatic nitrogens is 1. The predicted octanol–water partition coefficient (Wildman–Crippen LogP) is 3.08. The monoisotopic (exact) mass is 403 g/mol. The van der Waals surface area contributed by atoms with Crippen LogP contribution in [0.15, 0.2) is 78.3 Å². The molecule has 3 heterocycles. The number of hydrogen-bond donors (Lipinski definition) is 4. The van der Waals surface area contributed by atoms with Gasteiger partial charge in [-0.05, 0) is 61.1 Å². The molecule has 2 aliphatic heterocycles. The molecule has 0 spiro atoms. The molecule has 0 aliphatic carbocycles. The van der Waals surface area contributed by atoms with Crippen LogP contribution in [0.4, 0.5) is 5.82 Å². The topological polar surface area (TPSA) is 70.2 Å². The fraction of sp³-hybridized carbons (Fsp3) is 0.292. The molecule has 2 aliphatic rings. The van der Waals surface area contributed by atoms with Gasteiger partial charge in [-0.3, -0.25) is 0 Å². The molecule has 30 heavy (non-hydrogen) atoms.